The van der Waals surface area contributed by atoms with Crippen molar-refractivity contribution in [2.24, 2.45) is 0 Å². The van der Waals surface area contributed by atoms with E-state index in [0.717, 1.165) is 5.56 Å². The van der Waals surface area contributed by atoms with Gasteiger partial charge in [-0.1, -0.05) is 48.0 Å². The second-order valence-corrected chi connectivity index (χ2v) is 7.85. The molecule has 0 fully saturated rings. The zero-order chi connectivity index (χ0) is 19.9. The molecule has 0 aliphatic carbocycles. The van der Waals surface area contributed by atoms with Gasteiger partial charge in [0, 0.05) is 12.6 Å². The van der Waals surface area contributed by atoms with Crippen molar-refractivity contribution in [2.45, 2.75) is 17.9 Å². The number of rotatable bonds is 9. The number of halogens is 1. The van der Waals surface area contributed by atoms with E-state index in [1.165, 1.54) is 18.2 Å². The van der Waals surface area contributed by atoms with Crippen molar-refractivity contribution in [1.82, 2.24) is 10.0 Å². The number of ether oxygens (including phenoxy) is 1. The molecule has 6 nitrogen and oxygen atoms in total. The summed E-state index contributed by atoms with van der Waals surface area (Å²) in [5.41, 5.74) is 0.845. The van der Waals surface area contributed by atoms with Gasteiger partial charge in [-0.3, -0.25) is 4.79 Å². The van der Waals surface area contributed by atoms with Gasteiger partial charge in [-0.15, -0.1) is 6.58 Å². The largest absolute Gasteiger partial charge is 0.482 e. The molecule has 144 valence electrons. The topological polar surface area (TPSA) is 84.5 Å². The highest BCUT2D eigenvalue weighted by Crippen LogP contribution is 2.28. The van der Waals surface area contributed by atoms with Crippen molar-refractivity contribution < 1.29 is 17.9 Å². The number of nitrogens with one attached hydrogen (secondary N) is 2. The van der Waals surface area contributed by atoms with Crippen molar-refractivity contribution in [1.29, 1.82) is 0 Å². The lowest BCUT2D eigenvalue weighted by Gasteiger charge is -2.15. The molecule has 2 aromatic rings. The van der Waals surface area contributed by atoms with Crippen LogP contribution in [0.25, 0.3) is 0 Å². The highest BCUT2D eigenvalue weighted by Gasteiger charge is 2.20. The highest BCUT2D eigenvalue weighted by atomic mass is 35.5. The summed E-state index contributed by atoms with van der Waals surface area (Å²) in [6.45, 7) is 5.35. The fourth-order valence-corrected chi connectivity index (χ4v) is 3.81. The second kappa shape index (κ2) is 9.55. The van der Waals surface area contributed by atoms with Crippen LogP contribution < -0.4 is 14.8 Å². The molecule has 0 saturated carbocycles. The van der Waals surface area contributed by atoms with E-state index in [9.17, 15) is 13.2 Å². The van der Waals surface area contributed by atoms with Crippen LogP contribution in [-0.4, -0.2) is 27.5 Å². The van der Waals surface area contributed by atoms with E-state index < -0.39 is 16.1 Å². The molecule has 2 rings (SSSR count). The van der Waals surface area contributed by atoms with Crippen LogP contribution in [0.2, 0.25) is 5.02 Å². The SMILES string of the molecule is C=CCNC(=O)COc1ccc(S(=O)(=O)N[C@@H](C)c2ccccc2)cc1Cl. The Hall–Kier alpha value is -2.35. The Morgan fingerprint density at radius 3 is 2.59 bits per heavy atom. The number of sulfonamides is 1. The number of benzene rings is 2. The molecule has 0 aliphatic rings. The van der Waals surface area contributed by atoms with Crippen LogP contribution >= 0.6 is 11.6 Å². The summed E-state index contributed by atoms with van der Waals surface area (Å²) in [6, 6.07) is 12.9. The number of hydrogen-bond donors (Lipinski definition) is 2. The first kappa shape index (κ1) is 21.0. The molecule has 0 spiro atoms. The molecule has 0 aliphatic heterocycles. The van der Waals surface area contributed by atoms with Crippen LogP contribution in [-0.2, 0) is 14.8 Å². The van der Waals surface area contributed by atoms with Gasteiger partial charge >= 0.3 is 0 Å². The van der Waals surface area contributed by atoms with Gasteiger partial charge in [0.2, 0.25) is 10.0 Å². The van der Waals surface area contributed by atoms with Crippen molar-refractivity contribution in [2.75, 3.05) is 13.2 Å². The van der Waals surface area contributed by atoms with Gasteiger partial charge in [0.05, 0.1) is 9.92 Å². The monoisotopic (exact) mass is 408 g/mol. The van der Waals surface area contributed by atoms with Crippen LogP contribution in [0.1, 0.15) is 18.5 Å². The maximum atomic E-state index is 12.6. The molecular weight excluding hydrogens is 388 g/mol. The van der Waals surface area contributed by atoms with Gasteiger partial charge in [0.25, 0.3) is 5.91 Å². The Morgan fingerprint density at radius 1 is 1.26 bits per heavy atom. The molecule has 0 bridgehead atoms. The summed E-state index contributed by atoms with van der Waals surface area (Å²) in [7, 11) is -3.77. The molecule has 0 aromatic heterocycles. The Balaban J connectivity index is 2.06. The minimum atomic E-state index is -3.77. The van der Waals surface area contributed by atoms with E-state index in [-0.39, 0.29) is 28.2 Å². The van der Waals surface area contributed by atoms with E-state index >= 15 is 0 Å². The highest BCUT2D eigenvalue weighted by molar-refractivity contribution is 7.89. The minimum Gasteiger partial charge on any atom is -0.482 e. The van der Waals surface area contributed by atoms with E-state index in [1.54, 1.807) is 13.0 Å². The first-order chi connectivity index (χ1) is 12.8. The van der Waals surface area contributed by atoms with Crippen LogP contribution in [0, 0.1) is 0 Å². The van der Waals surface area contributed by atoms with Crippen molar-refractivity contribution in [3.63, 3.8) is 0 Å². The predicted molar refractivity (Wildman–Crippen MR) is 105 cm³/mol. The Kier molecular flexibility index (Phi) is 7.41. The average molecular weight is 409 g/mol. The van der Waals surface area contributed by atoms with Gasteiger partial charge in [-0.05, 0) is 30.7 Å². The Morgan fingerprint density at radius 2 is 1.96 bits per heavy atom. The number of amides is 1. The van der Waals surface area contributed by atoms with Gasteiger partial charge in [0.15, 0.2) is 6.61 Å². The number of carbonyl (C=O) groups excluding carboxylic acids is 1. The van der Waals surface area contributed by atoms with Gasteiger partial charge in [-0.25, -0.2) is 13.1 Å². The summed E-state index contributed by atoms with van der Waals surface area (Å²) in [5.74, 6) is -0.110. The van der Waals surface area contributed by atoms with Crippen LogP contribution in [0.5, 0.6) is 5.75 Å². The molecule has 8 heteroatoms. The van der Waals surface area contributed by atoms with Gasteiger partial charge in [0.1, 0.15) is 5.75 Å². The summed E-state index contributed by atoms with van der Waals surface area (Å²) >= 11 is 6.11. The lowest BCUT2D eigenvalue weighted by molar-refractivity contribution is -0.122. The molecule has 2 aromatic carbocycles. The lowest BCUT2D eigenvalue weighted by Crippen LogP contribution is -2.29. The standard InChI is InChI=1S/C19H21ClN2O4S/c1-3-11-21-19(23)13-26-18-10-9-16(12-17(18)20)27(24,25)22-14(2)15-7-5-4-6-8-15/h3-10,12,14,22H,1,11,13H2,2H3,(H,21,23)/t14-/m0/s1. The lowest BCUT2D eigenvalue weighted by atomic mass is 10.1. The fourth-order valence-electron chi connectivity index (χ4n) is 2.26. The quantitative estimate of drug-likeness (QED) is 0.624. The smallest absolute Gasteiger partial charge is 0.258 e. The van der Waals surface area contributed by atoms with E-state index in [2.05, 4.69) is 16.6 Å². The average Bonchev–Trinajstić information content (AvgIpc) is 2.65. The molecule has 2 N–H and O–H groups in total. The molecule has 0 radical (unpaired) electrons. The van der Waals surface area contributed by atoms with Crippen LogP contribution in [0.3, 0.4) is 0 Å². The molecular formula is C19H21ClN2O4S. The fraction of sp³-hybridized carbons (Fsp3) is 0.211. The molecule has 0 unspecified atom stereocenters. The van der Waals surface area contributed by atoms with Crippen molar-refractivity contribution in [3.8, 4) is 5.75 Å². The normalized spacial score (nSPS) is 12.2. The number of hydrogen-bond acceptors (Lipinski definition) is 4. The second-order valence-electron chi connectivity index (χ2n) is 5.73. The van der Waals surface area contributed by atoms with E-state index in [0.29, 0.717) is 6.54 Å². The molecule has 27 heavy (non-hydrogen) atoms. The summed E-state index contributed by atoms with van der Waals surface area (Å²) in [5, 5.41) is 2.66. The van der Waals surface area contributed by atoms with E-state index in [1.807, 2.05) is 30.3 Å². The maximum Gasteiger partial charge on any atom is 0.258 e. The van der Waals surface area contributed by atoms with Gasteiger partial charge < -0.3 is 10.1 Å². The van der Waals surface area contributed by atoms with Crippen molar-refractivity contribution in [3.05, 3.63) is 71.8 Å². The third-order valence-corrected chi connectivity index (χ3v) is 5.48. The predicted octanol–water partition coefficient (Wildman–Crippen LogP) is 3.06. The molecule has 1 amide bonds. The Labute approximate surface area is 164 Å². The third-order valence-electron chi connectivity index (χ3n) is 3.65. The zero-order valence-electron chi connectivity index (χ0n) is 14.8. The summed E-state index contributed by atoms with van der Waals surface area (Å²) < 4.78 is 33.1. The first-order valence-electron chi connectivity index (χ1n) is 8.20. The third kappa shape index (κ3) is 6.09. The summed E-state index contributed by atoms with van der Waals surface area (Å²) in [6.07, 6.45) is 1.55. The zero-order valence-corrected chi connectivity index (χ0v) is 16.4. The van der Waals surface area contributed by atoms with E-state index in [4.69, 9.17) is 16.3 Å². The number of carbonyl (C=O) groups is 1. The maximum absolute atomic E-state index is 12.6. The molecule has 0 heterocycles. The molecule has 1 atom stereocenters. The minimum absolute atomic E-state index is 0.0127. The van der Waals surface area contributed by atoms with Crippen LogP contribution in [0.4, 0.5) is 0 Å². The first-order valence-corrected chi connectivity index (χ1v) is 10.1. The summed E-state index contributed by atoms with van der Waals surface area (Å²) in [4.78, 5) is 11.5. The molecule has 0 saturated heterocycles. The van der Waals surface area contributed by atoms with Gasteiger partial charge in [-0.2, -0.15) is 0 Å². The van der Waals surface area contributed by atoms with Crippen LogP contribution in [0.15, 0.2) is 66.1 Å². The van der Waals surface area contributed by atoms with Crippen molar-refractivity contribution >= 4 is 27.5 Å². The Bertz CT molecular complexity index is 901.